The number of carboxylic acid groups (broad SMARTS) is 1. The van der Waals surface area contributed by atoms with Crippen LogP contribution in [0, 0.1) is 0 Å². The van der Waals surface area contributed by atoms with E-state index in [-0.39, 0.29) is 6.42 Å². The van der Waals surface area contributed by atoms with E-state index in [2.05, 4.69) is 18.9 Å². The minimum absolute atomic E-state index is 0.175. The minimum atomic E-state index is -0.760. The van der Waals surface area contributed by atoms with Crippen molar-refractivity contribution in [2.24, 2.45) is 0 Å². The van der Waals surface area contributed by atoms with Gasteiger partial charge in [-0.05, 0) is 20.9 Å². The van der Waals surface area contributed by atoms with Crippen LogP contribution in [0.1, 0.15) is 31.9 Å². The number of hydrogen-bond donors (Lipinski definition) is 1. The molecule has 1 N–H and O–H groups in total. The lowest BCUT2D eigenvalue weighted by Gasteiger charge is -2.13. The molecule has 0 aliphatic carbocycles. The molecule has 16 heavy (non-hydrogen) atoms. The van der Waals surface area contributed by atoms with Gasteiger partial charge in [0.2, 0.25) is 0 Å². The van der Waals surface area contributed by atoms with Gasteiger partial charge in [0, 0.05) is 30.9 Å². The molecule has 0 saturated carbocycles. The minimum Gasteiger partial charge on any atom is -0.481 e. The third kappa shape index (κ3) is 4.02. The van der Waals surface area contributed by atoms with Gasteiger partial charge in [0.15, 0.2) is 0 Å². The first kappa shape index (κ1) is 12.7. The third-order valence-corrected chi connectivity index (χ3v) is 2.34. The van der Waals surface area contributed by atoms with E-state index in [0.717, 1.165) is 12.1 Å². The molecule has 5 heteroatoms. The quantitative estimate of drug-likeness (QED) is 0.794. The van der Waals surface area contributed by atoms with E-state index in [1.54, 1.807) is 0 Å². The van der Waals surface area contributed by atoms with Crippen LogP contribution >= 0.6 is 0 Å². The second-order valence-corrected chi connectivity index (χ2v) is 4.30. The molecule has 0 saturated heterocycles. The Morgan fingerprint density at radius 3 is 2.81 bits per heavy atom. The molecular weight excluding hydrogens is 206 g/mol. The number of rotatable bonds is 6. The molecule has 0 aliphatic rings. The number of aliphatic carboxylic acids is 1. The van der Waals surface area contributed by atoms with Crippen molar-refractivity contribution < 1.29 is 9.90 Å². The summed E-state index contributed by atoms with van der Waals surface area (Å²) in [5, 5.41) is 12.8. The van der Waals surface area contributed by atoms with Crippen LogP contribution in [0.3, 0.4) is 0 Å². The fraction of sp³-hybridized carbons (Fsp3) is 0.636. The van der Waals surface area contributed by atoms with Crippen LogP contribution in [0.15, 0.2) is 12.4 Å². The normalized spacial score (nSPS) is 11.3. The molecule has 1 rings (SSSR count). The maximum absolute atomic E-state index is 10.4. The molecule has 0 atom stereocenters. The molecule has 5 nitrogen and oxygen atoms in total. The third-order valence-electron chi connectivity index (χ3n) is 2.34. The monoisotopic (exact) mass is 225 g/mol. The average molecular weight is 225 g/mol. The Morgan fingerprint density at radius 2 is 2.31 bits per heavy atom. The number of aromatic nitrogens is 2. The van der Waals surface area contributed by atoms with E-state index in [1.807, 2.05) is 29.0 Å². The topological polar surface area (TPSA) is 58.4 Å². The molecule has 0 bridgehead atoms. The Morgan fingerprint density at radius 1 is 1.62 bits per heavy atom. The smallest absolute Gasteiger partial charge is 0.304 e. The van der Waals surface area contributed by atoms with Gasteiger partial charge in [0.25, 0.3) is 0 Å². The number of hydrogen-bond acceptors (Lipinski definition) is 3. The fourth-order valence-corrected chi connectivity index (χ4v) is 1.42. The number of nitrogens with zero attached hydrogens (tertiary/aromatic N) is 3. The Hall–Kier alpha value is -1.36. The molecule has 0 fully saturated rings. The van der Waals surface area contributed by atoms with Crippen LogP contribution in [0.5, 0.6) is 0 Å². The van der Waals surface area contributed by atoms with Gasteiger partial charge >= 0.3 is 5.97 Å². The highest BCUT2D eigenvalue weighted by atomic mass is 16.4. The summed E-state index contributed by atoms with van der Waals surface area (Å²) in [5.74, 6) is -0.760. The maximum atomic E-state index is 10.4. The Balaban J connectivity index is 2.43. The molecule has 0 radical (unpaired) electrons. The van der Waals surface area contributed by atoms with Crippen LogP contribution in [0.4, 0.5) is 0 Å². The molecule has 0 aliphatic heterocycles. The molecule has 1 aromatic rings. The van der Waals surface area contributed by atoms with Gasteiger partial charge in [0.05, 0.1) is 12.6 Å². The summed E-state index contributed by atoms with van der Waals surface area (Å²) >= 11 is 0. The Kier molecular flexibility index (Phi) is 4.49. The lowest BCUT2D eigenvalue weighted by atomic mass is 10.3. The molecule has 0 aromatic carbocycles. The summed E-state index contributed by atoms with van der Waals surface area (Å²) in [6.45, 7) is 5.44. The van der Waals surface area contributed by atoms with Crippen LogP contribution in [-0.4, -0.2) is 39.3 Å². The largest absolute Gasteiger partial charge is 0.481 e. The summed E-state index contributed by atoms with van der Waals surface area (Å²) in [6, 6.07) is 0.359. The van der Waals surface area contributed by atoms with Crippen molar-refractivity contribution in [3.63, 3.8) is 0 Å². The van der Waals surface area contributed by atoms with Crippen LogP contribution in [-0.2, 0) is 11.3 Å². The summed E-state index contributed by atoms with van der Waals surface area (Å²) in [6.07, 6.45) is 4.01. The van der Waals surface area contributed by atoms with Crippen molar-refractivity contribution in [3.05, 3.63) is 18.0 Å². The van der Waals surface area contributed by atoms with Gasteiger partial charge in [-0.3, -0.25) is 9.48 Å². The van der Waals surface area contributed by atoms with Crippen molar-refractivity contribution in [1.82, 2.24) is 14.7 Å². The summed E-state index contributed by atoms with van der Waals surface area (Å²) < 4.78 is 1.90. The Labute approximate surface area is 95.7 Å². The van der Waals surface area contributed by atoms with E-state index < -0.39 is 5.97 Å². The first-order valence-corrected chi connectivity index (χ1v) is 5.42. The molecule has 0 spiro atoms. The highest BCUT2D eigenvalue weighted by Gasteiger charge is 2.06. The number of carbonyl (C=O) groups is 1. The first-order valence-electron chi connectivity index (χ1n) is 5.42. The predicted molar refractivity (Wildman–Crippen MR) is 61.2 cm³/mol. The Bertz CT molecular complexity index is 347. The second kappa shape index (κ2) is 5.65. The second-order valence-electron chi connectivity index (χ2n) is 4.30. The van der Waals surface area contributed by atoms with Crippen LogP contribution in [0.2, 0.25) is 0 Å². The highest BCUT2D eigenvalue weighted by Crippen LogP contribution is 2.07. The van der Waals surface area contributed by atoms with Gasteiger partial charge in [-0.1, -0.05) is 0 Å². The molecule has 0 amide bonds. The molecule has 90 valence electrons. The van der Waals surface area contributed by atoms with Gasteiger partial charge in [0.1, 0.15) is 0 Å². The predicted octanol–water partition coefficient (Wildman–Crippen LogP) is 1.37. The van der Waals surface area contributed by atoms with Crippen molar-refractivity contribution in [3.8, 4) is 0 Å². The van der Waals surface area contributed by atoms with E-state index in [4.69, 9.17) is 5.11 Å². The van der Waals surface area contributed by atoms with Crippen LogP contribution < -0.4 is 0 Å². The lowest BCUT2D eigenvalue weighted by Crippen LogP contribution is -2.21. The van der Waals surface area contributed by atoms with Gasteiger partial charge in [-0.25, -0.2) is 0 Å². The van der Waals surface area contributed by atoms with Crippen molar-refractivity contribution in [1.29, 1.82) is 0 Å². The zero-order chi connectivity index (χ0) is 12.1. The van der Waals surface area contributed by atoms with Crippen molar-refractivity contribution in [2.45, 2.75) is 32.9 Å². The summed E-state index contributed by atoms with van der Waals surface area (Å²) in [4.78, 5) is 12.4. The van der Waals surface area contributed by atoms with Gasteiger partial charge in [-0.15, -0.1) is 0 Å². The molecule has 0 unspecified atom stereocenters. The standard InChI is InChI=1S/C11H19N3O2/c1-9(2)14-8-10(6-12-14)7-13(3)5-4-11(15)16/h6,8-9H,4-5,7H2,1-3H3,(H,15,16). The van der Waals surface area contributed by atoms with Crippen molar-refractivity contribution >= 4 is 5.97 Å². The van der Waals surface area contributed by atoms with Gasteiger partial charge in [-0.2, -0.15) is 5.10 Å². The average Bonchev–Trinajstić information content (AvgIpc) is 2.63. The molecular formula is C11H19N3O2. The fourth-order valence-electron chi connectivity index (χ4n) is 1.42. The van der Waals surface area contributed by atoms with E-state index >= 15 is 0 Å². The molecule has 1 heterocycles. The van der Waals surface area contributed by atoms with E-state index in [1.165, 1.54) is 0 Å². The van der Waals surface area contributed by atoms with Crippen molar-refractivity contribution in [2.75, 3.05) is 13.6 Å². The SMILES string of the molecule is CC(C)n1cc(CN(C)CCC(=O)O)cn1. The number of carboxylic acids is 1. The van der Waals surface area contributed by atoms with Crippen LogP contribution in [0.25, 0.3) is 0 Å². The zero-order valence-corrected chi connectivity index (χ0v) is 10.1. The van der Waals surface area contributed by atoms with E-state index in [0.29, 0.717) is 12.6 Å². The first-order chi connectivity index (χ1) is 7.49. The summed E-state index contributed by atoms with van der Waals surface area (Å²) in [7, 11) is 1.91. The molecule has 1 aromatic heterocycles. The van der Waals surface area contributed by atoms with Gasteiger partial charge < -0.3 is 10.0 Å². The summed E-state index contributed by atoms with van der Waals surface area (Å²) in [5.41, 5.74) is 1.11. The zero-order valence-electron chi connectivity index (χ0n) is 10.1. The highest BCUT2D eigenvalue weighted by molar-refractivity contribution is 5.66. The van der Waals surface area contributed by atoms with E-state index in [9.17, 15) is 4.79 Å². The lowest BCUT2D eigenvalue weighted by molar-refractivity contribution is -0.137. The maximum Gasteiger partial charge on any atom is 0.304 e.